The molecular weight excluding hydrogens is 396 g/mol. The molecule has 3 atom stereocenters. The summed E-state index contributed by atoms with van der Waals surface area (Å²) in [5.41, 5.74) is 0. The number of piperidine rings is 1. The van der Waals surface area contributed by atoms with Gasteiger partial charge in [0.2, 0.25) is 23.5 Å². The smallest absolute Gasteiger partial charge is 0.238 e. The Morgan fingerprint density at radius 2 is 2.10 bits per heavy atom. The van der Waals surface area contributed by atoms with E-state index in [2.05, 4.69) is 24.0 Å². The SMILES string of the molecule is CC(C)CC(=O)N(C)[C@H]1C[C@H]2CCN(C(=O)CCc3nc(-c4ccco4)no3)C[C@H]2C1. The fourth-order valence-electron chi connectivity index (χ4n) is 4.93. The molecule has 0 aromatic carbocycles. The lowest BCUT2D eigenvalue weighted by Gasteiger charge is -2.35. The van der Waals surface area contributed by atoms with Gasteiger partial charge in [0.05, 0.1) is 6.26 Å². The van der Waals surface area contributed by atoms with Crippen molar-refractivity contribution in [1.29, 1.82) is 0 Å². The summed E-state index contributed by atoms with van der Waals surface area (Å²) in [4.78, 5) is 33.5. The maximum absolute atomic E-state index is 12.8. The van der Waals surface area contributed by atoms with Crippen LogP contribution < -0.4 is 0 Å². The molecule has 8 heteroatoms. The van der Waals surface area contributed by atoms with Crippen LogP contribution in [0, 0.1) is 17.8 Å². The van der Waals surface area contributed by atoms with E-state index in [9.17, 15) is 9.59 Å². The van der Waals surface area contributed by atoms with E-state index in [0.29, 0.717) is 60.5 Å². The molecule has 4 rings (SSSR count). The summed E-state index contributed by atoms with van der Waals surface area (Å²) in [6.45, 7) is 5.73. The van der Waals surface area contributed by atoms with Gasteiger partial charge in [0, 0.05) is 45.4 Å². The monoisotopic (exact) mass is 428 g/mol. The van der Waals surface area contributed by atoms with Crippen LogP contribution in [0.1, 0.15) is 51.8 Å². The highest BCUT2D eigenvalue weighted by Gasteiger charge is 2.41. The Morgan fingerprint density at radius 1 is 1.29 bits per heavy atom. The van der Waals surface area contributed by atoms with Crippen LogP contribution in [-0.2, 0) is 16.0 Å². The number of hydrogen-bond acceptors (Lipinski definition) is 6. The molecule has 1 saturated carbocycles. The van der Waals surface area contributed by atoms with Crippen LogP contribution in [0.4, 0.5) is 0 Å². The van der Waals surface area contributed by atoms with E-state index in [4.69, 9.17) is 8.94 Å². The standard InChI is InChI=1S/C23H32N4O4/c1-15(2)11-22(29)26(3)18-12-16-8-9-27(14-17(16)13-18)21(28)7-6-20-24-23(25-31-20)19-5-4-10-30-19/h4-5,10,15-18H,6-9,11-14H2,1-3H3/t16-,17-,18+/m1/s1. The summed E-state index contributed by atoms with van der Waals surface area (Å²) in [6, 6.07) is 3.84. The molecule has 2 aromatic rings. The maximum atomic E-state index is 12.8. The molecule has 2 amide bonds. The largest absolute Gasteiger partial charge is 0.461 e. The van der Waals surface area contributed by atoms with Crippen molar-refractivity contribution in [2.75, 3.05) is 20.1 Å². The van der Waals surface area contributed by atoms with Gasteiger partial charge in [-0.1, -0.05) is 19.0 Å². The van der Waals surface area contributed by atoms with Gasteiger partial charge in [-0.3, -0.25) is 9.59 Å². The summed E-state index contributed by atoms with van der Waals surface area (Å²) in [5, 5.41) is 3.91. The Balaban J connectivity index is 1.26. The second-order valence-corrected chi connectivity index (χ2v) is 9.37. The topological polar surface area (TPSA) is 92.7 Å². The fourth-order valence-corrected chi connectivity index (χ4v) is 4.93. The minimum absolute atomic E-state index is 0.129. The maximum Gasteiger partial charge on any atom is 0.238 e. The molecule has 31 heavy (non-hydrogen) atoms. The molecule has 0 spiro atoms. The van der Waals surface area contributed by atoms with E-state index in [1.165, 1.54) is 0 Å². The van der Waals surface area contributed by atoms with Crippen LogP contribution in [0.2, 0.25) is 0 Å². The molecule has 0 N–H and O–H groups in total. The summed E-state index contributed by atoms with van der Waals surface area (Å²) in [5.74, 6) is 3.23. The van der Waals surface area contributed by atoms with E-state index in [1.807, 2.05) is 16.8 Å². The van der Waals surface area contributed by atoms with Crippen LogP contribution in [0.15, 0.2) is 27.3 Å². The van der Waals surface area contributed by atoms with Crippen molar-refractivity contribution in [3.8, 4) is 11.6 Å². The molecule has 1 aliphatic heterocycles. The molecule has 1 aliphatic carbocycles. The molecule has 0 unspecified atom stereocenters. The molecule has 2 aliphatic rings. The molecule has 8 nitrogen and oxygen atoms in total. The van der Waals surface area contributed by atoms with Crippen molar-refractivity contribution in [1.82, 2.24) is 19.9 Å². The molecule has 1 saturated heterocycles. The van der Waals surface area contributed by atoms with E-state index in [0.717, 1.165) is 32.4 Å². The first-order chi connectivity index (χ1) is 14.9. The molecule has 0 radical (unpaired) electrons. The molecule has 3 heterocycles. The van der Waals surface area contributed by atoms with Crippen molar-refractivity contribution in [3.05, 3.63) is 24.3 Å². The minimum atomic E-state index is 0.129. The normalized spacial score (nSPS) is 23.2. The second kappa shape index (κ2) is 9.24. The van der Waals surface area contributed by atoms with Crippen molar-refractivity contribution >= 4 is 11.8 Å². The number of aryl methyl sites for hydroxylation is 1. The second-order valence-electron chi connectivity index (χ2n) is 9.37. The van der Waals surface area contributed by atoms with Crippen molar-refractivity contribution in [2.45, 2.75) is 58.4 Å². The molecule has 168 valence electrons. The zero-order valence-corrected chi connectivity index (χ0v) is 18.6. The number of hydrogen-bond donors (Lipinski definition) is 0. The molecule has 0 bridgehead atoms. The van der Waals surface area contributed by atoms with Gasteiger partial charge in [0.25, 0.3) is 0 Å². The first-order valence-corrected chi connectivity index (χ1v) is 11.3. The Morgan fingerprint density at radius 3 is 2.84 bits per heavy atom. The van der Waals surface area contributed by atoms with E-state index < -0.39 is 0 Å². The summed E-state index contributed by atoms with van der Waals surface area (Å²) >= 11 is 0. The average molecular weight is 429 g/mol. The highest BCUT2D eigenvalue weighted by Crippen LogP contribution is 2.40. The van der Waals surface area contributed by atoms with Crippen molar-refractivity contribution in [2.24, 2.45) is 17.8 Å². The number of carbonyl (C=O) groups excluding carboxylic acids is 2. The number of rotatable bonds is 7. The predicted molar refractivity (Wildman–Crippen MR) is 114 cm³/mol. The number of furan rings is 1. The van der Waals surface area contributed by atoms with Crippen molar-refractivity contribution < 1.29 is 18.5 Å². The first-order valence-electron chi connectivity index (χ1n) is 11.3. The fraction of sp³-hybridized carbons (Fsp3) is 0.652. The number of carbonyl (C=O) groups is 2. The van der Waals surface area contributed by atoms with Gasteiger partial charge in [0.1, 0.15) is 0 Å². The summed E-state index contributed by atoms with van der Waals surface area (Å²) < 4.78 is 10.5. The number of fused-ring (bicyclic) bond motifs is 1. The van der Waals surface area contributed by atoms with Crippen LogP contribution in [0.3, 0.4) is 0 Å². The third-order valence-corrected chi connectivity index (χ3v) is 6.68. The zero-order valence-electron chi connectivity index (χ0n) is 18.6. The number of likely N-dealkylation sites (tertiary alicyclic amines) is 1. The first kappa shape index (κ1) is 21.6. The number of nitrogens with zero attached hydrogens (tertiary/aromatic N) is 4. The quantitative estimate of drug-likeness (QED) is 0.671. The predicted octanol–water partition coefficient (Wildman–Crippen LogP) is 3.39. The Kier molecular flexibility index (Phi) is 6.43. The molecule has 2 fully saturated rings. The highest BCUT2D eigenvalue weighted by atomic mass is 16.5. The van der Waals surface area contributed by atoms with E-state index in [1.54, 1.807) is 18.4 Å². The van der Waals surface area contributed by atoms with Gasteiger partial charge >= 0.3 is 0 Å². The lowest BCUT2D eigenvalue weighted by Crippen LogP contribution is -2.42. The number of amides is 2. The Bertz CT molecular complexity index is 891. The van der Waals surface area contributed by atoms with E-state index in [-0.39, 0.29) is 11.8 Å². The van der Waals surface area contributed by atoms with Gasteiger partial charge < -0.3 is 18.7 Å². The lowest BCUT2D eigenvalue weighted by atomic mass is 9.88. The lowest BCUT2D eigenvalue weighted by molar-refractivity contribution is -0.134. The van der Waals surface area contributed by atoms with Gasteiger partial charge in [-0.2, -0.15) is 4.98 Å². The van der Waals surface area contributed by atoms with Crippen LogP contribution in [0.25, 0.3) is 11.6 Å². The zero-order chi connectivity index (χ0) is 22.0. The van der Waals surface area contributed by atoms with Gasteiger partial charge in [0.15, 0.2) is 5.76 Å². The van der Waals surface area contributed by atoms with Crippen LogP contribution >= 0.6 is 0 Å². The Labute approximate surface area is 183 Å². The van der Waals surface area contributed by atoms with Crippen LogP contribution in [0.5, 0.6) is 0 Å². The van der Waals surface area contributed by atoms with E-state index >= 15 is 0 Å². The van der Waals surface area contributed by atoms with Gasteiger partial charge in [-0.05, 0) is 49.1 Å². The molecule has 2 aromatic heterocycles. The van der Waals surface area contributed by atoms with Gasteiger partial charge in [-0.25, -0.2) is 0 Å². The minimum Gasteiger partial charge on any atom is -0.461 e. The highest BCUT2D eigenvalue weighted by molar-refractivity contribution is 5.77. The van der Waals surface area contributed by atoms with Gasteiger partial charge in [-0.15, -0.1) is 0 Å². The average Bonchev–Trinajstić information content (AvgIpc) is 3.50. The van der Waals surface area contributed by atoms with Crippen molar-refractivity contribution in [3.63, 3.8) is 0 Å². The summed E-state index contributed by atoms with van der Waals surface area (Å²) in [7, 11) is 1.94. The van der Waals surface area contributed by atoms with Crippen LogP contribution in [-0.4, -0.2) is 57.9 Å². The third kappa shape index (κ3) is 4.99. The number of aromatic nitrogens is 2. The molecular formula is C23H32N4O4. The Hall–Kier alpha value is -2.64. The third-order valence-electron chi connectivity index (χ3n) is 6.68. The summed E-state index contributed by atoms with van der Waals surface area (Å²) in [6.07, 6.45) is 6.01.